The van der Waals surface area contributed by atoms with Crippen molar-refractivity contribution in [3.8, 4) is 22.5 Å². The lowest BCUT2D eigenvalue weighted by molar-refractivity contribution is 0.101. The summed E-state index contributed by atoms with van der Waals surface area (Å²) in [6.07, 6.45) is 0. The maximum atomic E-state index is 12.7. The summed E-state index contributed by atoms with van der Waals surface area (Å²) in [7, 11) is 0. The van der Waals surface area contributed by atoms with Gasteiger partial charge in [-0.15, -0.1) is 22.7 Å². The number of benzene rings is 3. The largest absolute Gasteiger partial charge is 0.298 e. The van der Waals surface area contributed by atoms with Gasteiger partial charge in [0.15, 0.2) is 10.3 Å². The van der Waals surface area contributed by atoms with Gasteiger partial charge in [0, 0.05) is 33.0 Å². The molecule has 0 aliphatic heterocycles. The van der Waals surface area contributed by atoms with Gasteiger partial charge >= 0.3 is 0 Å². The number of carbonyl (C=O) groups excluding carboxylic acids is 2. The number of rotatable bonds is 6. The molecule has 6 nitrogen and oxygen atoms in total. The van der Waals surface area contributed by atoms with Crippen LogP contribution in [-0.2, 0) is 0 Å². The molecule has 0 atom stereocenters. The Morgan fingerprint density at radius 1 is 0.579 bits per heavy atom. The van der Waals surface area contributed by atoms with Crippen LogP contribution in [0.25, 0.3) is 22.5 Å². The first-order valence-corrected chi connectivity index (χ1v) is 14.1. The van der Waals surface area contributed by atoms with Crippen LogP contribution in [0.15, 0.2) is 71.4 Å². The van der Waals surface area contributed by atoms with E-state index in [2.05, 4.69) is 20.6 Å². The Hall–Kier alpha value is -2.98. The van der Waals surface area contributed by atoms with Gasteiger partial charge in [0.1, 0.15) is 0 Å². The van der Waals surface area contributed by atoms with Crippen molar-refractivity contribution in [1.82, 2.24) is 9.97 Å². The SMILES string of the molecule is O=C(Nc1nc(-c2ccc(Cl)c(Cl)c2)cs1)c1ccc(C(=O)Nc2nc(-c3ccc(Cl)c(Cl)c3)cs2)cc1. The number of hydrogen-bond donors (Lipinski definition) is 2. The summed E-state index contributed by atoms with van der Waals surface area (Å²) < 4.78 is 0. The second-order valence-corrected chi connectivity index (χ2v) is 11.2. The molecule has 5 rings (SSSR count). The van der Waals surface area contributed by atoms with Gasteiger partial charge in [-0.25, -0.2) is 9.97 Å². The van der Waals surface area contributed by atoms with Gasteiger partial charge < -0.3 is 0 Å². The maximum Gasteiger partial charge on any atom is 0.257 e. The Balaban J connectivity index is 1.21. The van der Waals surface area contributed by atoms with E-state index in [0.717, 1.165) is 11.1 Å². The molecule has 38 heavy (non-hydrogen) atoms. The summed E-state index contributed by atoms with van der Waals surface area (Å²) in [5.74, 6) is -0.698. The third kappa shape index (κ3) is 6.02. The lowest BCUT2D eigenvalue weighted by Gasteiger charge is -2.05. The Kier molecular flexibility index (Phi) is 7.99. The van der Waals surface area contributed by atoms with Crippen molar-refractivity contribution in [3.63, 3.8) is 0 Å². The lowest BCUT2D eigenvalue weighted by Crippen LogP contribution is -2.14. The maximum absolute atomic E-state index is 12.7. The predicted octanol–water partition coefficient (Wildman–Crippen LogP) is 9.05. The molecule has 0 aliphatic carbocycles. The van der Waals surface area contributed by atoms with E-state index in [-0.39, 0.29) is 11.8 Å². The van der Waals surface area contributed by atoms with Crippen molar-refractivity contribution in [3.05, 3.63) is 103 Å². The molecule has 0 aliphatic rings. The highest BCUT2D eigenvalue weighted by molar-refractivity contribution is 7.14. The van der Waals surface area contributed by atoms with Crippen molar-refractivity contribution in [1.29, 1.82) is 0 Å². The van der Waals surface area contributed by atoms with E-state index >= 15 is 0 Å². The van der Waals surface area contributed by atoms with Crippen molar-refractivity contribution >= 4 is 91.2 Å². The molecule has 2 N–H and O–H groups in total. The van der Waals surface area contributed by atoms with E-state index < -0.39 is 0 Å². The van der Waals surface area contributed by atoms with Crippen LogP contribution in [0, 0.1) is 0 Å². The average Bonchev–Trinajstić information content (AvgIpc) is 3.57. The van der Waals surface area contributed by atoms with Crippen LogP contribution in [-0.4, -0.2) is 21.8 Å². The molecule has 3 aromatic carbocycles. The predicted molar refractivity (Wildman–Crippen MR) is 157 cm³/mol. The molecule has 2 amide bonds. The molecular formula is C26H14Cl4N4O2S2. The van der Waals surface area contributed by atoms with Crippen molar-refractivity contribution in [2.75, 3.05) is 10.6 Å². The topological polar surface area (TPSA) is 84.0 Å². The van der Waals surface area contributed by atoms with Crippen LogP contribution < -0.4 is 10.6 Å². The molecular weight excluding hydrogens is 606 g/mol. The van der Waals surface area contributed by atoms with E-state index in [1.165, 1.54) is 22.7 Å². The monoisotopic (exact) mass is 618 g/mol. The van der Waals surface area contributed by atoms with Crippen LogP contribution in [0.3, 0.4) is 0 Å². The minimum atomic E-state index is -0.349. The van der Waals surface area contributed by atoms with Crippen LogP contribution in [0.2, 0.25) is 20.1 Å². The fourth-order valence-electron chi connectivity index (χ4n) is 3.35. The lowest BCUT2D eigenvalue weighted by atomic mass is 10.1. The Labute approximate surface area is 245 Å². The van der Waals surface area contributed by atoms with Crippen LogP contribution >= 0.6 is 69.1 Å². The summed E-state index contributed by atoms with van der Waals surface area (Å²) in [5.41, 5.74) is 3.67. The fourth-order valence-corrected chi connectivity index (χ4v) is 5.38. The number of nitrogens with zero attached hydrogens (tertiary/aromatic N) is 2. The van der Waals surface area contributed by atoms with Gasteiger partial charge in [0.25, 0.3) is 11.8 Å². The molecule has 0 radical (unpaired) electrons. The van der Waals surface area contributed by atoms with Crippen molar-refractivity contribution < 1.29 is 9.59 Å². The van der Waals surface area contributed by atoms with Gasteiger partial charge in [-0.3, -0.25) is 20.2 Å². The standard InChI is InChI=1S/C26H14Cl4N4O2S2/c27-17-7-5-15(9-19(17)29)21-11-37-25(31-21)33-23(35)13-1-2-14(4-3-13)24(36)34-26-32-22(12-38-26)16-6-8-18(28)20(30)10-16/h1-12H,(H,31,33,35)(H,32,34,36). The summed E-state index contributed by atoms with van der Waals surface area (Å²) in [6, 6.07) is 16.7. The average molecular weight is 620 g/mol. The summed E-state index contributed by atoms with van der Waals surface area (Å²) in [5, 5.41) is 11.8. The van der Waals surface area contributed by atoms with E-state index in [9.17, 15) is 9.59 Å². The summed E-state index contributed by atoms with van der Waals surface area (Å²) in [4.78, 5) is 34.3. The normalized spacial score (nSPS) is 10.8. The number of nitrogens with one attached hydrogen (secondary N) is 2. The molecule has 0 saturated carbocycles. The molecule has 2 heterocycles. The number of thiazole rings is 2. The van der Waals surface area contributed by atoms with Gasteiger partial charge in [0.05, 0.1) is 31.5 Å². The van der Waals surface area contributed by atoms with Crippen LogP contribution in [0.4, 0.5) is 10.3 Å². The van der Waals surface area contributed by atoms with Crippen molar-refractivity contribution in [2.24, 2.45) is 0 Å². The summed E-state index contributed by atoms with van der Waals surface area (Å²) >= 11 is 26.7. The number of aromatic nitrogens is 2. The van der Waals surface area contributed by atoms with Crippen molar-refractivity contribution in [2.45, 2.75) is 0 Å². The smallest absolute Gasteiger partial charge is 0.257 e. The highest BCUT2D eigenvalue weighted by Crippen LogP contribution is 2.32. The molecule has 0 unspecified atom stereocenters. The quantitative estimate of drug-likeness (QED) is 0.198. The third-order valence-electron chi connectivity index (χ3n) is 5.29. The van der Waals surface area contributed by atoms with E-state index in [1.807, 2.05) is 10.8 Å². The summed E-state index contributed by atoms with van der Waals surface area (Å²) in [6.45, 7) is 0. The molecule has 0 bridgehead atoms. The number of carbonyl (C=O) groups is 2. The molecule has 190 valence electrons. The van der Waals surface area contributed by atoms with Gasteiger partial charge in [-0.05, 0) is 48.5 Å². The number of anilines is 2. The minimum Gasteiger partial charge on any atom is -0.298 e. The second kappa shape index (κ2) is 11.4. The zero-order valence-electron chi connectivity index (χ0n) is 19.0. The van der Waals surface area contributed by atoms with E-state index in [4.69, 9.17) is 46.4 Å². The first kappa shape index (κ1) is 26.6. The van der Waals surface area contributed by atoms with Crippen LogP contribution in [0.1, 0.15) is 20.7 Å². The number of hydrogen-bond acceptors (Lipinski definition) is 6. The molecule has 0 saturated heterocycles. The van der Waals surface area contributed by atoms with E-state index in [0.29, 0.717) is 52.9 Å². The van der Waals surface area contributed by atoms with Gasteiger partial charge in [0.2, 0.25) is 0 Å². The molecule has 5 aromatic rings. The molecule has 0 fully saturated rings. The minimum absolute atomic E-state index is 0.349. The first-order valence-electron chi connectivity index (χ1n) is 10.8. The highest BCUT2D eigenvalue weighted by Gasteiger charge is 2.14. The second-order valence-electron chi connectivity index (χ2n) is 7.82. The molecule has 0 spiro atoms. The number of amides is 2. The Morgan fingerprint density at radius 2 is 0.974 bits per heavy atom. The zero-order chi connectivity index (χ0) is 26.8. The zero-order valence-corrected chi connectivity index (χ0v) is 23.6. The van der Waals surface area contributed by atoms with E-state index in [1.54, 1.807) is 60.7 Å². The fraction of sp³-hybridized carbons (Fsp3) is 0. The number of halogens is 4. The molecule has 2 aromatic heterocycles. The van der Waals surface area contributed by atoms with Gasteiger partial charge in [-0.1, -0.05) is 58.5 Å². The van der Waals surface area contributed by atoms with Gasteiger partial charge in [-0.2, -0.15) is 0 Å². The highest BCUT2D eigenvalue weighted by atomic mass is 35.5. The molecule has 12 heteroatoms. The third-order valence-corrected chi connectivity index (χ3v) is 8.28. The first-order chi connectivity index (χ1) is 18.3. The Bertz CT molecular complexity index is 1550. The Morgan fingerprint density at radius 3 is 1.34 bits per heavy atom. The van der Waals surface area contributed by atoms with Crippen LogP contribution in [0.5, 0.6) is 0 Å².